The number of nitrogens with one attached hydrogen (secondary N) is 1. The molecule has 1 N–H and O–H groups in total. The topological polar surface area (TPSA) is 52.5 Å². The van der Waals surface area contributed by atoms with Crippen LogP contribution < -0.4 is 10.5 Å². The number of nitrogens with zero attached hydrogens (tertiary/aromatic N) is 2. The summed E-state index contributed by atoms with van der Waals surface area (Å²) in [6.45, 7) is 4.53. The highest BCUT2D eigenvalue weighted by molar-refractivity contribution is 5.91. The molecular formula is C23H22FN3O2. The fourth-order valence-corrected chi connectivity index (χ4v) is 4.13. The predicted molar refractivity (Wildman–Crippen MR) is 113 cm³/mol. The molecule has 1 aliphatic heterocycles. The number of halogens is 1. The Bertz CT molecular complexity index is 1220. The summed E-state index contributed by atoms with van der Waals surface area (Å²) in [5, 5.41) is 2.01. The third-order valence-electron chi connectivity index (χ3n) is 5.73. The van der Waals surface area contributed by atoms with Crippen molar-refractivity contribution < 1.29 is 8.81 Å². The molecule has 0 radical (unpaired) electrons. The fourth-order valence-electron chi connectivity index (χ4n) is 4.13. The Kier molecular flexibility index (Phi) is 4.56. The minimum Gasteiger partial charge on any atom is -0.464 e. The SMILES string of the molecule is O=c1ccc2ccc(CCN3CCN(c4cc(F)cc5occc45)CC3)cc2[nH]1. The molecule has 4 aromatic rings. The van der Waals surface area contributed by atoms with Crippen LogP contribution in [0.4, 0.5) is 10.1 Å². The first-order chi connectivity index (χ1) is 14.2. The third kappa shape index (κ3) is 3.63. The van der Waals surface area contributed by atoms with Crippen molar-refractivity contribution in [3.63, 3.8) is 0 Å². The van der Waals surface area contributed by atoms with Crippen LogP contribution in [0.15, 0.2) is 64.0 Å². The number of hydrogen-bond acceptors (Lipinski definition) is 4. The van der Waals surface area contributed by atoms with Gasteiger partial charge in [-0.2, -0.15) is 0 Å². The molecule has 5 rings (SSSR count). The number of furan rings is 1. The van der Waals surface area contributed by atoms with Crippen LogP contribution in [0.25, 0.3) is 21.9 Å². The van der Waals surface area contributed by atoms with Gasteiger partial charge in [0.05, 0.1) is 12.0 Å². The van der Waals surface area contributed by atoms with Crippen LogP contribution >= 0.6 is 0 Å². The Morgan fingerprint density at radius 3 is 2.69 bits per heavy atom. The summed E-state index contributed by atoms with van der Waals surface area (Å²) in [6.07, 6.45) is 2.54. The van der Waals surface area contributed by atoms with Gasteiger partial charge in [-0.3, -0.25) is 9.69 Å². The van der Waals surface area contributed by atoms with Crippen LogP contribution in [0, 0.1) is 5.82 Å². The van der Waals surface area contributed by atoms with Crippen LogP contribution in [-0.4, -0.2) is 42.6 Å². The molecule has 1 fully saturated rings. The molecule has 1 aliphatic rings. The van der Waals surface area contributed by atoms with E-state index in [4.69, 9.17) is 4.42 Å². The molecule has 2 aromatic heterocycles. The van der Waals surface area contributed by atoms with Gasteiger partial charge in [0.25, 0.3) is 0 Å². The highest BCUT2D eigenvalue weighted by Crippen LogP contribution is 2.30. The van der Waals surface area contributed by atoms with Crippen LogP contribution in [-0.2, 0) is 6.42 Å². The largest absolute Gasteiger partial charge is 0.464 e. The molecule has 148 valence electrons. The van der Waals surface area contributed by atoms with Gasteiger partial charge in [-0.05, 0) is 41.6 Å². The van der Waals surface area contributed by atoms with Crippen molar-refractivity contribution in [2.45, 2.75) is 6.42 Å². The number of aromatic amines is 1. The summed E-state index contributed by atoms with van der Waals surface area (Å²) in [5.41, 5.74) is 3.53. The van der Waals surface area contributed by atoms with Gasteiger partial charge >= 0.3 is 0 Å². The number of pyridine rings is 1. The van der Waals surface area contributed by atoms with E-state index in [9.17, 15) is 9.18 Å². The molecule has 2 aromatic carbocycles. The minimum atomic E-state index is -0.265. The monoisotopic (exact) mass is 391 g/mol. The molecule has 0 aliphatic carbocycles. The van der Waals surface area contributed by atoms with E-state index in [1.807, 2.05) is 12.1 Å². The van der Waals surface area contributed by atoms with Gasteiger partial charge in [0.15, 0.2) is 0 Å². The van der Waals surface area contributed by atoms with Crippen LogP contribution in [0.3, 0.4) is 0 Å². The molecule has 5 nitrogen and oxygen atoms in total. The zero-order valence-corrected chi connectivity index (χ0v) is 16.0. The van der Waals surface area contributed by atoms with E-state index in [2.05, 4.69) is 33.0 Å². The Morgan fingerprint density at radius 1 is 1.00 bits per heavy atom. The Balaban J connectivity index is 1.23. The normalized spacial score (nSPS) is 15.4. The number of aromatic nitrogens is 1. The van der Waals surface area contributed by atoms with E-state index in [1.165, 1.54) is 11.6 Å². The van der Waals surface area contributed by atoms with E-state index < -0.39 is 0 Å². The lowest BCUT2D eigenvalue weighted by molar-refractivity contribution is 0.261. The van der Waals surface area contributed by atoms with E-state index in [1.54, 1.807) is 18.4 Å². The number of rotatable bonds is 4. The van der Waals surface area contributed by atoms with Crippen molar-refractivity contribution in [1.29, 1.82) is 0 Å². The smallest absolute Gasteiger partial charge is 0.248 e. The average molecular weight is 391 g/mol. The van der Waals surface area contributed by atoms with Crippen molar-refractivity contribution in [3.05, 3.63) is 76.5 Å². The van der Waals surface area contributed by atoms with Gasteiger partial charge in [0, 0.05) is 55.8 Å². The van der Waals surface area contributed by atoms with Crippen molar-refractivity contribution in [1.82, 2.24) is 9.88 Å². The van der Waals surface area contributed by atoms with Gasteiger partial charge < -0.3 is 14.3 Å². The van der Waals surface area contributed by atoms with Crippen molar-refractivity contribution >= 4 is 27.6 Å². The van der Waals surface area contributed by atoms with Gasteiger partial charge in [0.1, 0.15) is 11.4 Å². The minimum absolute atomic E-state index is 0.0742. The molecule has 3 heterocycles. The molecule has 0 saturated carbocycles. The molecular weight excluding hydrogens is 369 g/mol. The van der Waals surface area contributed by atoms with E-state index >= 15 is 0 Å². The standard InChI is InChI=1S/C23H22FN3O2/c24-18-14-21(19-6-12-29-22(19)15-18)27-10-8-26(9-11-27)7-5-16-1-2-17-3-4-23(28)25-20(17)13-16/h1-4,6,12-15H,5,7-11H2,(H,25,28). The van der Waals surface area contributed by atoms with Crippen molar-refractivity contribution in [2.75, 3.05) is 37.6 Å². The van der Waals surface area contributed by atoms with E-state index in [0.29, 0.717) is 5.58 Å². The zero-order chi connectivity index (χ0) is 19.8. The molecule has 0 amide bonds. The maximum atomic E-state index is 13.9. The summed E-state index contributed by atoms with van der Waals surface area (Å²) in [7, 11) is 0. The van der Waals surface area contributed by atoms with Gasteiger partial charge in [0.2, 0.25) is 5.56 Å². The van der Waals surface area contributed by atoms with E-state index in [0.717, 1.165) is 61.1 Å². The fraction of sp³-hybridized carbons (Fsp3) is 0.261. The Morgan fingerprint density at radius 2 is 1.83 bits per heavy atom. The first-order valence-electron chi connectivity index (χ1n) is 9.92. The molecule has 0 atom stereocenters. The summed E-state index contributed by atoms with van der Waals surface area (Å²) >= 11 is 0. The van der Waals surface area contributed by atoms with Gasteiger partial charge in [-0.1, -0.05) is 12.1 Å². The summed E-state index contributed by atoms with van der Waals surface area (Å²) in [4.78, 5) is 19.1. The molecule has 6 heteroatoms. The van der Waals surface area contributed by atoms with Crippen molar-refractivity contribution in [2.24, 2.45) is 0 Å². The summed E-state index contributed by atoms with van der Waals surface area (Å²) in [6, 6.07) is 14.6. The molecule has 0 bridgehead atoms. The quantitative estimate of drug-likeness (QED) is 0.575. The second-order valence-electron chi connectivity index (χ2n) is 7.58. The highest BCUT2D eigenvalue weighted by atomic mass is 19.1. The van der Waals surface area contributed by atoms with Gasteiger partial charge in [-0.15, -0.1) is 0 Å². The Labute approximate surface area is 167 Å². The molecule has 1 saturated heterocycles. The first-order valence-corrected chi connectivity index (χ1v) is 9.92. The van der Waals surface area contributed by atoms with Crippen LogP contribution in [0.2, 0.25) is 0 Å². The number of H-pyrrole nitrogens is 1. The number of hydrogen-bond donors (Lipinski definition) is 1. The third-order valence-corrected chi connectivity index (χ3v) is 5.73. The average Bonchev–Trinajstić information content (AvgIpc) is 3.20. The van der Waals surface area contributed by atoms with Crippen molar-refractivity contribution in [3.8, 4) is 0 Å². The van der Waals surface area contributed by atoms with Crippen LogP contribution in [0.5, 0.6) is 0 Å². The molecule has 0 spiro atoms. The van der Waals surface area contributed by atoms with Gasteiger partial charge in [-0.25, -0.2) is 4.39 Å². The summed E-state index contributed by atoms with van der Waals surface area (Å²) < 4.78 is 19.3. The lowest BCUT2D eigenvalue weighted by atomic mass is 10.1. The van der Waals surface area contributed by atoms with Crippen LogP contribution in [0.1, 0.15) is 5.56 Å². The summed E-state index contributed by atoms with van der Waals surface area (Å²) in [5.74, 6) is -0.265. The second kappa shape index (κ2) is 7.37. The zero-order valence-electron chi connectivity index (χ0n) is 16.0. The number of benzene rings is 2. The number of anilines is 1. The molecule has 0 unspecified atom stereocenters. The molecule has 29 heavy (non-hydrogen) atoms. The Hall–Kier alpha value is -3.12. The first kappa shape index (κ1) is 17.9. The highest BCUT2D eigenvalue weighted by Gasteiger charge is 2.20. The lowest BCUT2D eigenvalue weighted by Gasteiger charge is -2.36. The number of piperazine rings is 1. The van der Waals surface area contributed by atoms with E-state index in [-0.39, 0.29) is 11.4 Å². The number of fused-ring (bicyclic) bond motifs is 2. The second-order valence-corrected chi connectivity index (χ2v) is 7.58. The lowest BCUT2D eigenvalue weighted by Crippen LogP contribution is -2.47. The maximum Gasteiger partial charge on any atom is 0.248 e. The predicted octanol–water partition coefficient (Wildman–Crippen LogP) is 3.78. The maximum absolute atomic E-state index is 13.9.